The monoisotopic (exact) mass is 223 g/mol. The van der Waals surface area contributed by atoms with E-state index < -0.39 is 0 Å². The molecule has 0 aliphatic rings. The molecule has 0 heterocycles. The molecule has 0 fully saturated rings. The number of hydrogen-bond acceptors (Lipinski definition) is 2. The summed E-state index contributed by atoms with van der Waals surface area (Å²) in [5.41, 5.74) is 2.05. The van der Waals surface area contributed by atoms with Gasteiger partial charge in [0, 0.05) is 12.1 Å². The van der Waals surface area contributed by atoms with Gasteiger partial charge in [-0.25, -0.2) is 0 Å². The molecule has 1 rings (SSSR count). The van der Waals surface area contributed by atoms with Gasteiger partial charge >= 0.3 is 0 Å². The van der Waals surface area contributed by atoms with Gasteiger partial charge in [-0.15, -0.1) is 0 Å². The number of thiol groups is 1. The lowest BCUT2D eigenvalue weighted by atomic mass is 10.2. The Bertz CT molecular complexity index is 319. The number of amides is 1. The minimum Gasteiger partial charge on any atom is -0.326 e. The van der Waals surface area contributed by atoms with Gasteiger partial charge in [0.2, 0.25) is 5.91 Å². The first-order valence-corrected chi connectivity index (χ1v) is 5.64. The molecule has 3 heteroatoms. The Labute approximate surface area is 96.5 Å². The number of nitrogens with one attached hydrogen (secondary N) is 1. The first kappa shape index (κ1) is 12.1. The highest BCUT2D eigenvalue weighted by molar-refractivity contribution is 7.80. The van der Waals surface area contributed by atoms with Crippen LogP contribution in [0.4, 0.5) is 5.69 Å². The number of aryl methyl sites for hydroxylation is 1. The van der Waals surface area contributed by atoms with Gasteiger partial charge in [0.05, 0.1) is 0 Å². The van der Waals surface area contributed by atoms with Crippen molar-refractivity contribution >= 4 is 24.2 Å². The Morgan fingerprint density at radius 2 is 2.00 bits per heavy atom. The third-order valence-corrected chi connectivity index (χ3v) is 2.38. The van der Waals surface area contributed by atoms with Gasteiger partial charge in [0.15, 0.2) is 0 Å². The molecule has 1 aromatic rings. The molecule has 1 aromatic carbocycles. The average molecular weight is 223 g/mol. The van der Waals surface area contributed by atoms with Crippen molar-refractivity contribution in [3.05, 3.63) is 29.8 Å². The second-order valence-electron chi connectivity index (χ2n) is 3.80. The van der Waals surface area contributed by atoms with Crippen molar-refractivity contribution < 1.29 is 4.79 Å². The molecule has 2 nitrogen and oxygen atoms in total. The molecular weight excluding hydrogens is 206 g/mol. The number of hydrogen-bond donors (Lipinski definition) is 2. The van der Waals surface area contributed by atoms with E-state index in [9.17, 15) is 4.79 Å². The Balaban J connectivity index is 2.41. The van der Waals surface area contributed by atoms with Crippen molar-refractivity contribution in [2.24, 2.45) is 0 Å². The lowest BCUT2D eigenvalue weighted by molar-refractivity contribution is -0.116. The summed E-state index contributed by atoms with van der Waals surface area (Å²) in [4.78, 5) is 11.5. The minimum absolute atomic E-state index is 0.0553. The third-order valence-electron chi connectivity index (χ3n) is 2.12. The summed E-state index contributed by atoms with van der Waals surface area (Å²) in [6.07, 6.45) is 1.33. The lowest BCUT2D eigenvalue weighted by Gasteiger charge is -2.06. The number of carbonyl (C=O) groups is 1. The second kappa shape index (κ2) is 5.81. The Morgan fingerprint density at radius 3 is 2.53 bits per heavy atom. The van der Waals surface area contributed by atoms with Crippen molar-refractivity contribution in [1.82, 2.24) is 0 Å². The Kier molecular flexibility index (Phi) is 4.69. The van der Waals surface area contributed by atoms with Gasteiger partial charge in [0.1, 0.15) is 0 Å². The fourth-order valence-corrected chi connectivity index (χ4v) is 1.33. The van der Waals surface area contributed by atoms with Crippen LogP contribution in [0, 0.1) is 6.92 Å². The number of carbonyl (C=O) groups excluding carboxylic acids is 1. The smallest absolute Gasteiger partial charge is 0.224 e. The van der Waals surface area contributed by atoms with Crippen LogP contribution in [0.2, 0.25) is 0 Å². The molecular formula is C12H17NOS. The summed E-state index contributed by atoms with van der Waals surface area (Å²) < 4.78 is 0. The Hall–Kier alpha value is -0.960. The highest BCUT2D eigenvalue weighted by Crippen LogP contribution is 2.10. The van der Waals surface area contributed by atoms with Gasteiger partial charge in [-0.05, 0) is 30.7 Å². The minimum atomic E-state index is 0.0553. The number of rotatable bonds is 4. The van der Waals surface area contributed by atoms with E-state index in [1.807, 2.05) is 38.1 Å². The lowest BCUT2D eigenvalue weighted by Crippen LogP contribution is -2.12. The topological polar surface area (TPSA) is 29.1 Å². The zero-order chi connectivity index (χ0) is 11.3. The summed E-state index contributed by atoms with van der Waals surface area (Å²) in [7, 11) is 0. The van der Waals surface area contributed by atoms with Gasteiger partial charge in [-0.1, -0.05) is 24.6 Å². The first-order valence-electron chi connectivity index (χ1n) is 5.12. The molecule has 15 heavy (non-hydrogen) atoms. The van der Waals surface area contributed by atoms with Crippen molar-refractivity contribution in [1.29, 1.82) is 0 Å². The maximum Gasteiger partial charge on any atom is 0.224 e. The molecule has 1 N–H and O–H groups in total. The molecule has 82 valence electrons. The van der Waals surface area contributed by atoms with Crippen LogP contribution in [0.25, 0.3) is 0 Å². The SMILES string of the molecule is Cc1ccc(NC(=O)CCC(C)S)cc1. The molecule has 1 unspecified atom stereocenters. The van der Waals surface area contributed by atoms with Crippen LogP contribution in [-0.4, -0.2) is 11.2 Å². The standard InChI is InChI=1S/C12H17NOS/c1-9-3-6-11(7-4-9)13-12(14)8-5-10(2)15/h3-4,6-7,10,15H,5,8H2,1-2H3,(H,13,14). The first-order chi connectivity index (χ1) is 7.08. The summed E-state index contributed by atoms with van der Waals surface area (Å²) in [5.74, 6) is 0.0553. The van der Waals surface area contributed by atoms with Crippen LogP contribution in [0.5, 0.6) is 0 Å². The van der Waals surface area contributed by atoms with Crippen LogP contribution >= 0.6 is 12.6 Å². The van der Waals surface area contributed by atoms with Crippen molar-refractivity contribution in [2.45, 2.75) is 31.9 Å². The van der Waals surface area contributed by atoms with Crippen LogP contribution in [-0.2, 0) is 4.79 Å². The van der Waals surface area contributed by atoms with Crippen LogP contribution in [0.15, 0.2) is 24.3 Å². The van der Waals surface area contributed by atoms with Gasteiger partial charge in [0.25, 0.3) is 0 Å². The quantitative estimate of drug-likeness (QED) is 0.755. The second-order valence-corrected chi connectivity index (χ2v) is 4.68. The maximum absolute atomic E-state index is 11.5. The van der Waals surface area contributed by atoms with E-state index in [0.717, 1.165) is 12.1 Å². The van der Waals surface area contributed by atoms with Crippen LogP contribution in [0.1, 0.15) is 25.3 Å². The summed E-state index contributed by atoms with van der Waals surface area (Å²) in [6.45, 7) is 4.01. The van der Waals surface area contributed by atoms with Crippen molar-refractivity contribution in [3.63, 3.8) is 0 Å². The highest BCUT2D eigenvalue weighted by Gasteiger charge is 2.03. The van der Waals surface area contributed by atoms with E-state index >= 15 is 0 Å². The summed E-state index contributed by atoms with van der Waals surface area (Å²) in [5, 5.41) is 3.12. The third kappa shape index (κ3) is 4.88. The van der Waals surface area contributed by atoms with E-state index in [-0.39, 0.29) is 11.2 Å². The van der Waals surface area contributed by atoms with Gasteiger partial charge in [-0.3, -0.25) is 4.79 Å². The molecule has 1 atom stereocenters. The zero-order valence-corrected chi connectivity index (χ0v) is 10.1. The molecule has 0 aliphatic heterocycles. The summed E-state index contributed by atoms with van der Waals surface area (Å²) >= 11 is 4.23. The fraction of sp³-hybridized carbons (Fsp3) is 0.417. The predicted molar refractivity (Wildman–Crippen MR) is 67.5 cm³/mol. The molecule has 1 amide bonds. The molecule has 0 aliphatic carbocycles. The van der Waals surface area contributed by atoms with Crippen molar-refractivity contribution in [3.8, 4) is 0 Å². The predicted octanol–water partition coefficient (Wildman–Crippen LogP) is 3.03. The van der Waals surface area contributed by atoms with Crippen molar-refractivity contribution in [2.75, 3.05) is 5.32 Å². The normalized spacial score (nSPS) is 12.2. The number of benzene rings is 1. The Morgan fingerprint density at radius 1 is 1.40 bits per heavy atom. The molecule has 0 bridgehead atoms. The van der Waals surface area contributed by atoms with Crippen LogP contribution < -0.4 is 5.32 Å². The van der Waals surface area contributed by atoms with E-state index in [4.69, 9.17) is 0 Å². The highest BCUT2D eigenvalue weighted by atomic mass is 32.1. The van der Waals surface area contributed by atoms with E-state index in [1.165, 1.54) is 5.56 Å². The van der Waals surface area contributed by atoms with Gasteiger partial charge in [-0.2, -0.15) is 12.6 Å². The maximum atomic E-state index is 11.5. The zero-order valence-electron chi connectivity index (χ0n) is 9.16. The number of anilines is 1. The molecule has 0 saturated heterocycles. The van der Waals surface area contributed by atoms with E-state index in [0.29, 0.717) is 6.42 Å². The largest absolute Gasteiger partial charge is 0.326 e. The summed E-state index contributed by atoms with van der Waals surface area (Å²) in [6, 6.07) is 7.79. The van der Waals surface area contributed by atoms with Gasteiger partial charge < -0.3 is 5.32 Å². The average Bonchev–Trinajstić information content (AvgIpc) is 2.19. The molecule has 0 spiro atoms. The van der Waals surface area contributed by atoms with E-state index in [2.05, 4.69) is 17.9 Å². The molecule has 0 saturated carbocycles. The van der Waals surface area contributed by atoms with Crippen LogP contribution in [0.3, 0.4) is 0 Å². The molecule has 0 radical (unpaired) electrons. The van der Waals surface area contributed by atoms with E-state index in [1.54, 1.807) is 0 Å². The fourth-order valence-electron chi connectivity index (χ4n) is 1.20. The molecule has 0 aromatic heterocycles.